The molecule has 1 atom stereocenters. The first-order valence-electron chi connectivity index (χ1n) is 7.89. The second-order valence-corrected chi connectivity index (χ2v) is 6.36. The number of nitrogens with zero attached hydrogens (tertiary/aromatic N) is 1. The standard InChI is InChI=1S/C17H25FN2O3/c1-17(6-8-20(9-7-17)12-16(22)23-2)19-11-15(21)13-4-3-5-14(18)10-13/h3-5,10,15,19,21H,6-9,11-12H2,1-2H3/t15-/m0/s1. The molecular formula is C17H25FN2O3. The molecule has 0 amide bonds. The highest BCUT2D eigenvalue weighted by Crippen LogP contribution is 2.23. The van der Waals surface area contributed by atoms with Gasteiger partial charge in [0.1, 0.15) is 5.82 Å². The van der Waals surface area contributed by atoms with Gasteiger partial charge >= 0.3 is 5.97 Å². The van der Waals surface area contributed by atoms with Crippen LogP contribution in [0.25, 0.3) is 0 Å². The van der Waals surface area contributed by atoms with Gasteiger partial charge in [0.15, 0.2) is 0 Å². The fourth-order valence-corrected chi connectivity index (χ4v) is 2.80. The Morgan fingerprint density at radius 1 is 1.48 bits per heavy atom. The lowest BCUT2D eigenvalue weighted by Crippen LogP contribution is -2.53. The van der Waals surface area contributed by atoms with E-state index < -0.39 is 6.10 Å². The first kappa shape index (κ1) is 17.8. The average molecular weight is 324 g/mol. The molecule has 2 rings (SSSR count). The van der Waals surface area contributed by atoms with Crippen molar-refractivity contribution in [1.82, 2.24) is 10.2 Å². The first-order valence-corrected chi connectivity index (χ1v) is 7.89. The fraction of sp³-hybridized carbons (Fsp3) is 0.588. The van der Waals surface area contributed by atoms with Crippen molar-refractivity contribution in [2.75, 3.05) is 33.3 Å². The molecule has 0 aliphatic carbocycles. The molecule has 1 fully saturated rings. The van der Waals surface area contributed by atoms with Crippen molar-refractivity contribution < 1.29 is 19.0 Å². The Hall–Kier alpha value is -1.50. The summed E-state index contributed by atoms with van der Waals surface area (Å²) < 4.78 is 17.9. The molecule has 1 heterocycles. The number of piperidine rings is 1. The smallest absolute Gasteiger partial charge is 0.319 e. The van der Waals surface area contributed by atoms with E-state index in [2.05, 4.69) is 21.9 Å². The molecule has 5 nitrogen and oxygen atoms in total. The van der Waals surface area contributed by atoms with Gasteiger partial charge in [-0.05, 0) is 37.5 Å². The number of benzene rings is 1. The molecule has 2 N–H and O–H groups in total. The van der Waals surface area contributed by atoms with Crippen LogP contribution in [-0.2, 0) is 9.53 Å². The number of aliphatic hydroxyl groups excluding tert-OH is 1. The predicted molar refractivity (Wildman–Crippen MR) is 85.5 cm³/mol. The highest BCUT2D eigenvalue weighted by Gasteiger charge is 2.30. The summed E-state index contributed by atoms with van der Waals surface area (Å²) in [6, 6.07) is 6.03. The Balaban J connectivity index is 1.80. The van der Waals surface area contributed by atoms with E-state index in [-0.39, 0.29) is 17.3 Å². The maximum atomic E-state index is 13.2. The molecule has 128 valence electrons. The van der Waals surface area contributed by atoms with E-state index in [0.29, 0.717) is 18.7 Å². The predicted octanol–water partition coefficient (Wildman–Crippen LogP) is 1.48. The molecule has 0 bridgehead atoms. The lowest BCUT2D eigenvalue weighted by atomic mass is 9.89. The molecule has 1 aliphatic heterocycles. The van der Waals surface area contributed by atoms with Gasteiger partial charge in [0, 0.05) is 25.2 Å². The van der Waals surface area contributed by atoms with E-state index in [9.17, 15) is 14.3 Å². The molecule has 1 aliphatic rings. The minimum atomic E-state index is -0.740. The Bertz CT molecular complexity index is 530. The fourth-order valence-electron chi connectivity index (χ4n) is 2.80. The average Bonchev–Trinajstić information content (AvgIpc) is 2.55. The monoisotopic (exact) mass is 324 g/mol. The number of hydrogen-bond acceptors (Lipinski definition) is 5. The van der Waals surface area contributed by atoms with Gasteiger partial charge < -0.3 is 15.2 Å². The van der Waals surface area contributed by atoms with E-state index in [0.717, 1.165) is 25.9 Å². The van der Waals surface area contributed by atoms with Gasteiger partial charge in [-0.1, -0.05) is 12.1 Å². The zero-order valence-corrected chi connectivity index (χ0v) is 13.7. The molecule has 0 unspecified atom stereocenters. The van der Waals surface area contributed by atoms with Crippen molar-refractivity contribution in [3.05, 3.63) is 35.6 Å². The maximum absolute atomic E-state index is 13.2. The molecule has 0 radical (unpaired) electrons. The van der Waals surface area contributed by atoms with Gasteiger partial charge in [-0.3, -0.25) is 9.69 Å². The van der Waals surface area contributed by atoms with Crippen molar-refractivity contribution in [1.29, 1.82) is 0 Å². The van der Waals surface area contributed by atoms with E-state index in [1.165, 1.54) is 19.2 Å². The molecule has 0 aromatic heterocycles. The second kappa shape index (κ2) is 7.86. The number of carbonyl (C=O) groups is 1. The third-order valence-corrected chi connectivity index (χ3v) is 4.50. The zero-order chi connectivity index (χ0) is 16.9. The largest absolute Gasteiger partial charge is 0.468 e. The van der Waals surface area contributed by atoms with Gasteiger partial charge in [-0.25, -0.2) is 4.39 Å². The molecule has 0 saturated carbocycles. The normalized spacial score (nSPS) is 19.3. The first-order chi connectivity index (χ1) is 10.9. The number of likely N-dealkylation sites (tertiary alicyclic amines) is 1. The molecule has 6 heteroatoms. The van der Waals surface area contributed by atoms with Crippen molar-refractivity contribution >= 4 is 5.97 Å². The Kier molecular flexibility index (Phi) is 6.10. The lowest BCUT2D eigenvalue weighted by molar-refractivity contribution is -0.142. The van der Waals surface area contributed by atoms with Crippen LogP contribution in [0.5, 0.6) is 0 Å². The van der Waals surface area contributed by atoms with Crippen LogP contribution >= 0.6 is 0 Å². The van der Waals surface area contributed by atoms with E-state index in [1.807, 2.05) is 0 Å². The van der Waals surface area contributed by atoms with Crippen molar-refractivity contribution in [3.63, 3.8) is 0 Å². The zero-order valence-electron chi connectivity index (χ0n) is 13.7. The Morgan fingerprint density at radius 3 is 2.78 bits per heavy atom. The number of carbonyl (C=O) groups excluding carboxylic acids is 1. The van der Waals surface area contributed by atoms with Crippen LogP contribution in [0, 0.1) is 5.82 Å². The second-order valence-electron chi connectivity index (χ2n) is 6.36. The van der Waals surface area contributed by atoms with Crippen molar-refractivity contribution in [3.8, 4) is 0 Å². The highest BCUT2D eigenvalue weighted by molar-refractivity contribution is 5.71. The number of rotatable bonds is 6. The summed E-state index contributed by atoms with van der Waals surface area (Å²) in [6.07, 6.45) is 1.01. The molecule has 1 saturated heterocycles. The Morgan fingerprint density at radius 2 is 2.17 bits per heavy atom. The number of ether oxygens (including phenoxy) is 1. The number of nitrogens with one attached hydrogen (secondary N) is 1. The molecule has 23 heavy (non-hydrogen) atoms. The summed E-state index contributed by atoms with van der Waals surface area (Å²) in [5.74, 6) is -0.563. The summed E-state index contributed by atoms with van der Waals surface area (Å²) in [7, 11) is 1.39. The summed E-state index contributed by atoms with van der Waals surface area (Å²) in [5.41, 5.74) is 0.477. The topological polar surface area (TPSA) is 61.8 Å². The summed E-state index contributed by atoms with van der Waals surface area (Å²) in [6.45, 7) is 4.40. The Labute approximate surface area is 136 Å². The van der Waals surface area contributed by atoms with Crippen molar-refractivity contribution in [2.45, 2.75) is 31.4 Å². The van der Waals surface area contributed by atoms with Crippen molar-refractivity contribution in [2.24, 2.45) is 0 Å². The summed E-state index contributed by atoms with van der Waals surface area (Å²) >= 11 is 0. The number of β-amino-alcohol motifs (C(OH)–C–C–N with tert-alkyl or cyclic N) is 1. The van der Waals surface area contributed by atoms with Crippen LogP contribution in [0.3, 0.4) is 0 Å². The number of methoxy groups -OCH3 is 1. The maximum Gasteiger partial charge on any atom is 0.319 e. The third kappa shape index (κ3) is 5.27. The van der Waals surface area contributed by atoms with Crippen LogP contribution in [0.1, 0.15) is 31.4 Å². The summed E-state index contributed by atoms with van der Waals surface area (Å²) in [4.78, 5) is 13.4. The van der Waals surface area contributed by atoms with Crippen LogP contribution in [0.15, 0.2) is 24.3 Å². The van der Waals surface area contributed by atoms with Crippen LogP contribution in [-0.4, -0.2) is 54.8 Å². The SMILES string of the molecule is COC(=O)CN1CCC(C)(NC[C@H](O)c2cccc(F)c2)CC1. The third-order valence-electron chi connectivity index (χ3n) is 4.50. The minimum absolute atomic E-state index is 0.0963. The van der Waals surface area contributed by atoms with Crippen LogP contribution in [0.4, 0.5) is 4.39 Å². The van der Waals surface area contributed by atoms with Gasteiger partial charge in [0.2, 0.25) is 0 Å². The van der Waals surface area contributed by atoms with Gasteiger partial charge in [0.25, 0.3) is 0 Å². The lowest BCUT2D eigenvalue weighted by Gasteiger charge is -2.40. The minimum Gasteiger partial charge on any atom is -0.468 e. The van der Waals surface area contributed by atoms with Crippen LogP contribution < -0.4 is 5.32 Å². The number of hydrogen-bond donors (Lipinski definition) is 2. The van der Waals surface area contributed by atoms with E-state index >= 15 is 0 Å². The molecule has 1 aromatic rings. The van der Waals surface area contributed by atoms with Gasteiger partial charge in [-0.2, -0.15) is 0 Å². The highest BCUT2D eigenvalue weighted by atomic mass is 19.1. The van der Waals surface area contributed by atoms with Gasteiger partial charge in [-0.15, -0.1) is 0 Å². The molecule has 0 spiro atoms. The van der Waals surface area contributed by atoms with E-state index in [4.69, 9.17) is 0 Å². The van der Waals surface area contributed by atoms with E-state index in [1.54, 1.807) is 12.1 Å². The van der Waals surface area contributed by atoms with Crippen LogP contribution in [0.2, 0.25) is 0 Å². The molecular weight excluding hydrogens is 299 g/mol. The number of aliphatic hydroxyl groups is 1. The molecule has 1 aromatic carbocycles. The quantitative estimate of drug-likeness (QED) is 0.776. The number of esters is 1. The van der Waals surface area contributed by atoms with Gasteiger partial charge in [0.05, 0.1) is 19.8 Å². The number of halogens is 1. The summed E-state index contributed by atoms with van der Waals surface area (Å²) in [5, 5.41) is 13.6.